The largest absolute Gasteiger partial charge is 0.350 e. The number of halogens is 1. The third kappa shape index (κ3) is 4.74. The van der Waals surface area contributed by atoms with Gasteiger partial charge in [-0.3, -0.25) is 4.79 Å². The molecule has 0 atom stereocenters. The molecule has 7 nitrogen and oxygen atoms in total. The highest BCUT2D eigenvalue weighted by Gasteiger charge is 2.19. The third-order valence-electron chi connectivity index (χ3n) is 4.97. The minimum Gasteiger partial charge on any atom is -0.350 e. The van der Waals surface area contributed by atoms with Gasteiger partial charge in [-0.05, 0) is 18.4 Å². The number of carbonyl (C=O) groups excluding carboxylic acids is 1. The minimum atomic E-state index is -0.293. The first-order chi connectivity index (χ1) is 14.2. The molecular weight excluding hydrogens is 388 g/mol. The quantitative estimate of drug-likeness (QED) is 0.648. The number of aromatic nitrogens is 4. The standard InChI is InChI=1S/C21H23ClN6O/c22-17-14-25-21(27-11-4-5-12-27)26-19(17)20(29)24-9-8-18-23-10-13-28(18)15-16-6-2-1-3-7-16/h1-3,6-7,10,13-14H,4-5,8-9,11-12,15H2,(H,24,29). The predicted octanol–water partition coefficient (Wildman–Crippen LogP) is 2.95. The SMILES string of the molecule is O=C(NCCc1nccn1Cc1ccccc1)c1nc(N2CCCC2)ncc1Cl. The number of carbonyl (C=O) groups is 1. The van der Waals surface area contributed by atoms with E-state index >= 15 is 0 Å². The number of anilines is 1. The van der Waals surface area contributed by atoms with Crippen molar-refractivity contribution >= 4 is 23.5 Å². The summed E-state index contributed by atoms with van der Waals surface area (Å²) in [5, 5.41) is 3.16. The molecule has 4 rings (SSSR count). The Morgan fingerprint density at radius 1 is 1.14 bits per heavy atom. The van der Waals surface area contributed by atoms with Gasteiger partial charge < -0.3 is 14.8 Å². The molecule has 0 spiro atoms. The maximum absolute atomic E-state index is 12.6. The molecule has 0 radical (unpaired) electrons. The van der Waals surface area contributed by atoms with Gasteiger partial charge in [0.25, 0.3) is 5.91 Å². The number of hydrogen-bond acceptors (Lipinski definition) is 5. The molecule has 0 saturated carbocycles. The summed E-state index contributed by atoms with van der Waals surface area (Å²) in [6.45, 7) is 3.02. The molecule has 2 aromatic heterocycles. The number of amides is 1. The van der Waals surface area contributed by atoms with E-state index in [-0.39, 0.29) is 16.6 Å². The van der Waals surface area contributed by atoms with Crippen LogP contribution < -0.4 is 10.2 Å². The van der Waals surface area contributed by atoms with Crippen LogP contribution in [0.3, 0.4) is 0 Å². The summed E-state index contributed by atoms with van der Waals surface area (Å²) in [5.74, 6) is 1.19. The lowest BCUT2D eigenvalue weighted by Gasteiger charge is -2.16. The Kier molecular flexibility index (Phi) is 6.05. The number of imidazole rings is 1. The van der Waals surface area contributed by atoms with E-state index in [1.165, 1.54) is 11.8 Å². The molecule has 0 aliphatic carbocycles. The maximum atomic E-state index is 12.6. The van der Waals surface area contributed by atoms with Gasteiger partial charge >= 0.3 is 0 Å². The first kappa shape index (κ1) is 19.4. The fourth-order valence-corrected chi connectivity index (χ4v) is 3.63. The Morgan fingerprint density at radius 3 is 2.72 bits per heavy atom. The van der Waals surface area contributed by atoms with E-state index in [1.807, 2.05) is 24.4 Å². The lowest BCUT2D eigenvalue weighted by Crippen LogP contribution is -2.29. The van der Waals surface area contributed by atoms with Crippen molar-refractivity contribution in [2.75, 3.05) is 24.5 Å². The maximum Gasteiger partial charge on any atom is 0.271 e. The molecule has 1 saturated heterocycles. The van der Waals surface area contributed by atoms with Crippen molar-refractivity contribution in [3.05, 3.63) is 71.0 Å². The molecule has 150 valence electrons. The average Bonchev–Trinajstić information content (AvgIpc) is 3.42. The zero-order chi connectivity index (χ0) is 20.1. The summed E-state index contributed by atoms with van der Waals surface area (Å²) in [6, 6.07) is 10.2. The number of nitrogens with zero attached hydrogens (tertiary/aromatic N) is 5. The van der Waals surface area contributed by atoms with Gasteiger partial charge in [0.1, 0.15) is 5.82 Å². The summed E-state index contributed by atoms with van der Waals surface area (Å²) in [6.07, 6.45) is 8.08. The van der Waals surface area contributed by atoms with E-state index in [2.05, 4.69) is 41.9 Å². The van der Waals surface area contributed by atoms with Crippen LogP contribution in [-0.2, 0) is 13.0 Å². The fraction of sp³-hybridized carbons (Fsp3) is 0.333. The summed E-state index contributed by atoms with van der Waals surface area (Å²) < 4.78 is 2.09. The summed E-state index contributed by atoms with van der Waals surface area (Å²) >= 11 is 6.17. The topological polar surface area (TPSA) is 75.9 Å². The summed E-state index contributed by atoms with van der Waals surface area (Å²) in [5.41, 5.74) is 1.43. The molecule has 1 aliphatic rings. The van der Waals surface area contributed by atoms with Gasteiger partial charge in [0, 0.05) is 45.0 Å². The van der Waals surface area contributed by atoms with Gasteiger partial charge in [-0.15, -0.1) is 0 Å². The molecule has 8 heteroatoms. The van der Waals surface area contributed by atoms with Crippen LogP contribution in [0.1, 0.15) is 34.7 Å². The number of rotatable bonds is 7. The molecule has 1 N–H and O–H groups in total. The van der Waals surface area contributed by atoms with E-state index in [0.29, 0.717) is 18.9 Å². The van der Waals surface area contributed by atoms with Crippen molar-refractivity contribution in [2.45, 2.75) is 25.8 Å². The van der Waals surface area contributed by atoms with Gasteiger partial charge in [0.05, 0.1) is 11.2 Å². The van der Waals surface area contributed by atoms with Crippen molar-refractivity contribution < 1.29 is 4.79 Å². The average molecular weight is 411 g/mol. The number of hydrogen-bond donors (Lipinski definition) is 1. The Bertz CT molecular complexity index is 968. The highest BCUT2D eigenvalue weighted by Crippen LogP contribution is 2.19. The lowest BCUT2D eigenvalue weighted by molar-refractivity contribution is 0.0949. The number of nitrogens with one attached hydrogen (secondary N) is 1. The smallest absolute Gasteiger partial charge is 0.271 e. The van der Waals surface area contributed by atoms with Gasteiger partial charge in [0.15, 0.2) is 5.69 Å². The highest BCUT2D eigenvalue weighted by molar-refractivity contribution is 6.33. The van der Waals surface area contributed by atoms with Gasteiger partial charge in [-0.25, -0.2) is 15.0 Å². The molecule has 1 amide bonds. The van der Waals surface area contributed by atoms with Crippen molar-refractivity contribution in [2.24, 2.45) is 0 Å². The van der Waals surface area contributed by atoms with Crippen LogP contribution in [0.4, 0.5) is 5.95 Å². The molecule has 3 heterocycles. The number of benzene rings is 1. The second-order valence-electron chi connectivity index (χ2n) is 7.02. The van der Waals surface area contributed by atoms with Crippen molar-refractivity contribution in [3.63, 3.8) is 0 Å². The lowest BCUT2D eigenvalue weighted by atomic mass is 10.2. The zero-order valence-corrected chi connectivity index (χ0v) is 16.8. The van der Waals surface area contributed by atoms with Crippen LogP contribution >= 0.6 is 11.6 Å². The normalized spacial score (nSPS) is 13.6. The monoisotopic (exact) mass is 410 g/mol. The van der Waals surface area contributed by atoms with Crippen LogP contribution in [0.25, 0.3) is 0 Å². The first-order valence-corrected chi connectivity index (χ1v) is 10.2. The molecule has 1 aliphatic heterocycles. The Balaban J connectivity index is 1.36. The van der Waals surface area contributed by atoms with E-state index in [0.717, 1.165) is 38.3 Å². The fourth-order valence-electron chi connectivity index (χ4n) is 3.45. The molecule has 1 fully saturated rings. The molecular formula is C21H23ClN6O. The Morgan fingerprint density at radius 2 is 1.93 bits per heavy atom. The van der Waals surface area contributed by atoms with Crippen molar-refractivity contribution in [3.8, 4) is 0 Å². The van der Waals surface area contributed by atoms with Crippen LogP contribution in [0.2, 0.25) is 5.02 Å². The van der Waals surface area contributed by atoms with Crippen molar-refractivity contribution in [1.29, 1.82) is 0 Å². The van der Waals surface area contributed by atoms with Crippen molar-refractivity contribution in [1.82, 2.24) is 24.8 Å². The summed E-state index contributed by atoms with van der Waals surface area (Å²) in [7, 11) is 0. The van der Waals surface area contributed by atoms with Crippen LogP contribution in [0, 0.1) is 0 Å². The van der Waals surface area contributed by atoms with E-state index in [9.17, 15) is 4.79 Å². The Hall–Kier alpha value is -2.93. The van der Waals surface area contributed by atoms with Gasteiger partial charge in [-0.1, -0.05) is 41.9 Å². The third-order valence-corrected chi connectivity index (χ3v) is 5.24. The van der Waals surface area contributed by atoms with Crippen LogP contribution in [0.15, 0.2) is 48.9 Å². The van der Waals surface area contributed by atoms with Crippen LogP contribution in [-0.4, -0.2) is 45.1 Å². The molecule has 29 heavy (non-hydrogen) atoms. The van der Waals surface area contributed by atoms with Gasteiger partial charge in [0.2, 0.25) is 5.95 Å². The molecule has 0 unspecified atom stereocenters. The predicted molar refractivity (Wildman–Crippen MR) is 112 cm³/mol. The summed E-state index contributed by atoms with van der Waals surface area (Å²) in [4.78, 5) is 27.8. The van der Waals surface area contributed by atoms with E-state index in [1.54, 1.807) is 6.20 Å². The zero-order valence-electron chi connectivity index (χ0n) is 16.1. The second kappa shape index (κ2) is 9.05. The molecule has 3 aromatic rings. The molecule has 1 aromatic carbocycles. The minimum absolute atomic E-state index is 0.219. The highest BCUT2D eigenvalue weighted by atomic mass is 35.5. The first-order valence-electron chi connectivity index (χ1n) is 9.80. The molecule has 0 bridgehead atoms. The van der Waals surface area contributed by atoms with E-state index < -0.39 is 0 Å². The Labute approximate surface area is 174 Å². The van der Waals surface area contributed by atoms with Gasteiger partial charge in [-0.2, -0.15) is 0 Å². The second-order valence-corrected chi connectivity index (χ2v) is 7.43. The van der Waals surface area contributed by atoms with Crippen LogP contribution in [0.5, 0.6) is 0 Å². The van der Waals surface area contributed by atoms with E-state index in [4.69, 9.17) is 11.6 Å².